The average molecular weight is 463 g/mol. The summed E-state index contributed by atoms with van der Waals surface area (Å²) in [5, 5.41) is 0. The Bertz CT molecular complexity index is 1380. The van der Waals surface area contributed by atoms with Gasteiger partial charge in [0.05, 0.1) is 34.6 Å². The van der Waals surface area contributed by atoms with Gasteiger partial charge in [-0.3, -0.25) is 9.36 Å². The van der Waals surface area contributed by atoms with Crippen LogP contribution in [0.1, 0.15) is 44.9 Å². The Morgan fingerprint density at radius 2 is 1.94 bits per heavy atom. The van der Waals surface area contributed by atoms with E-state index < -0.39 is 12.0 Å². The Hall–Kier alpha value is -3.45. The molecule has 0 saturated heterocycles. The number of ether oxygens (including phenoxy) is 2. The molecule has 0 aliphatic carbocycles. The quantitative estimate of drug-likeness (QED) is 0.525. The van der Waals surface area contributed by atoms with Crippen molar-refractivity contribution >= 4 is 23.4 Å². The van der Waals surface area contributed by atoms with E-state index >= 15 is 0 Å². The molecule has 33 heavy (non-hydrogen) atoms. The summed E-state index contributed by atoms with van der Waals surface area (Å²) in [6.45, 7) is 7.89. The number of hydrogen-bond acceptors (Lipinski definition) is 6. The summed E-state index contributed by atoms with van der Waals surface area (Å²) >= 11 is 1.31. The van der Waals surface area contributed by atoms with Gasteiger partial charge in [0, 0.05) is 0 Å². The summed E-state index contributed by atoms with van der Waals surface area (Å²) < 4.78 is 13.2. The van der Waals surface area contributed by atoms with Gasteiger partial charge in [-0.15, -0.1) is 0 Å². The number of fused-ring (bicyclic) bond motifs is 1. The van der Waals surface area contributed by atoms with Crippen LogP contribution in [0.2, 0.25) is 0 Å². The smallest absolute Gasteiger partial charge is 0.338 e. The van der Waals surface area contributed by atoms with E-state index in [-0.39, 0.29) is 11.7 Å². The molecule has 1 atom stereocenters. The topological polar surface area (TPSA) is 69.9 Å². The molecule has 7 heteroatoms. The van der Waals surface area contributed by atoms with Crippen LogP contribution >= 0.6 is 11.3 Å². The third kappa shape index (κ3) is 4.68. The number of thiazole rings is 1. The van der Waals surface area contributed by atoms with Gasteiger partial charge in [-0.25, -0.2) is 9.79 Å². The lowest BCUT2D eigenvalue weighted by atomic mass is 9.96. The van der Waals surface area contributed by atoms with E-state index in [4.69, 9.17) is 9.47 Å². The molecule has 1 aliphatic heterocycles. The van der Waals surface area contributed by atoms with Crippen LogP contribution in [0.4, 0.5) is 0 Å². The second-order valence-corrected chi connectivity index (χ2v) is 8.96. The summed E-state index contributed by atoms with van der Waals surface area (Å²) in [7, 11) is 0. The van der Waals surface area contributed by atoms with Crippen LogP contribution in [0.15, 0.2) is 75.7 Å². The second-order valence-electron chi connectivity index (χ2n) is 7.95. The van der Waals surface area contributed by atoms with Crippen molar-refractivity contribution < 1.29 is 14.3 Å². The molecule has 2 aromatic carbocycles. The van der Waals surface area contributed by atoms with Crippen LogP contribution in [0.25, 0.3) is 6.08 Å². The molecule has 1 unspecified atom stereocenters. The maximum Gasteiger partial charge on any atom is 0.338 e. The fourth-order valence-corrected chi connectivity index (χ4v) is 4.87. The maximum absolute atomic E-state index is 13.6. The summed E-state index contributed by atoms with van der Waals surface area (Å²) in [6, 6.07) is 16.5. The van der Waals surface area contributed by atoms with Crippen molar-refractivity contribution in [1.82, 2.24) is 4.57 Å². The predicted octanol–water partition coefficient (Wildman–Crippen LogP) is 3.59. The van der Waals surface area contributed by atoms with Gasteiger partial charge >= 0.3 is 5.97 Å². The van der Waals surface area contributed by atoms with Crippen LogP contribution in [0.5, 0.6) is 5.75 Å². The predicted molar refractivity (Wildman–Crippen MR) is 129 cm³/mol. The van der Waals surface area contributed by atoms with E-state index in [2.05, 4.69) is 4.99 Å². The molecule has 1 aromatic heterocycles. The molecular weight excluding hydrogens is 436 g/mol. The Morgan fingerprint density at radius 3 is 2.64 bits per heavy atom. The summed E-state index contributed by atoms with van der Waals surface area (Å²) in [5.41, 5.74) is 2.43. The third-order valence-corrected chi connectivity index (χ3v) is 6.15. The average Bonchev–Trinajstić information content (AvgIpc) is 3.08. The molecule has 0 spiro atoms. The van der Waals surface area contributed by atoms with Gasteiger partial charge in [0.25, 0.3) is 5.56 Å². The molecular formula is C26H26N2O4S. The lowest BCUT2D eigenvalue weighted by molar-refractivity contribution is -0.143. The first-order valence-corrected chi connectivity index (χ1v) is 11.7. The SMILES string of the molecule is CCOc1cccc(C=c2sc3n(c2=O)C(c2ccccc2)C(C(=O)OC(C)C)=C(C)N=3)c1. The molecule has 0 radical (unpaired) electrons. The van der Waals surface area contributed by atoms with Crippen LogP contribution in [0, 0.1) is 0 Å². The summed E-state index contributed by atoms with van der Waals surface area (Å²) in [6.07, 6.45) is 1.55. The number of esters is 1. The van der Waals surface area contributed by atoms with E-state index in [0.717, 1.165) is 16.9 Å². The minimum atomic E-state index is -0.606. The number of aromatic nitrogens is 1. The first-order chi connectivity index (χ1) is 15.9. The molecule has 0 bridgehead atoms. The van der Waals surface area contributed by atoms with E-state index in [1.807, 2.05) is 67.6 Å². The van der Waals surface area contributed by atoms with Crippen molar-refractivity contribution in [3.63, 3.8) is 0 Å². The monoisotopic (exact) mass is 462 g/mol. The lowest BCUT2D eigenvalue weighted by Crippen LogP contribution is -2.40. The molecule has 4 rings (SSSR count). The number of rotatable bonds is 6. The highest BCUT2D eigenvalue weighted by Gasteiger charge is 2.33. The number of allylic oxidation sites excluding steroid dienone is 1. The first kappa shape index (κ1) is 22.7. The minimum Gasteiger partial charge on any atom is -0.494 e. The van der Waals surface area contributed by atoms with Crippen molar-refractivity contribution in [3.05, 3.63) is 96.7 Å². The normalized spacial score (nSPS) is 15.9. The Balaban J connectivity index is 1.90. The zero-order valence-corrected chi connectivity index (χ0v) is 19.9. The van der Waals surface area contributed by atoms with E-state index in [1.165, 1.54) is 11.3 Å². The molecule has 3 aromatic rings. The van der Waals surface area contributed by atoms with Gasteiger partial charge in [-0.2, -0.15) is 0 Å². The van der Waals surface area contributed by atoms with E-state index in [9.17, 15) is 9.59 Å². The van der Waals surface area contributed by atoms with Crippen molar-refractivity contribution in [3.8, 4) is 5.75 Å². The number of hydrogen-bond donors (Lipinski definition) is 0. The molecule has 0 amide bonds. The Morgan fingerprint density at radius 1 is 1.18 bits per heavy atom. The van der Waals surface area contributed by atoms with Gasteiger partial charge in [-0.1, -0.05) is 53.8 Å². The van der Waals surface area contributed by atoms with Crippen LogP contribution in [-0.2, 0) is 9.53 Å². The Labute approximate surface area is 196 Å². The maximum atomic E-state index is 13.6. The highest BCUT2D eigenvalue weighted by Crippen LogP contribution is 2.30. The van der Waals surface area contributed by atoms with Crippen LogP contribution in [-0.4, -0.2) is 23.2 Å². The van der Waals surface area contributed by atoms with Gasteiger partial charge < -0.3 is 9.47 Å². The standard InChI is InChI=1S/C26H26N2O4S/c1-5-31-20-13-9-10-18(14-20)15-21-24(29)28-23(19-11-7-6-8-12-19)22(25(30)32-16(2)3)17(4)27-26(28)33-21/h6-16,23H,5H2,1-4H3. The summed E-state index contributed by atoms with van der Waals surface area (Å²) in [4.78, 5) is 31.8. The zero-order chi connectivity index (χ0) is 23.5. The molecule has 1 aliphatic rings. The number of benzene rings is 2. The first-order valence-electron chi connectivity index (χ1n) is 10.9. The van der Waals surface area contributed by atoms with Gasteiger partial charge in [0.2, 0.25) is 0 Å². The molecule has 170 valence electrons. The number of carbonyl (C=O) groups excluding carboxylic acids is 1. The second kappa shape index (κ2) is 9.58. The van der Waals surface area contributed by atoms with E-state index in [1.54, 1.807) is 25.3 Å². The fourth-order valence-electron chi connectivity index (χ4n) is 3.82. The lowest BCUT2D eigenvalue weighted by Gasteiger charge is -2.25. The fraction of sp³-hybridized carbons (Fsp3) is 0.269. The van der Waals surface area contributed by atoms with Gasteiger partial charge in [-0.05, 0) is 57.0 Å². The van der Waals surface area contributed by atoms with Crippen molar-refractivity contribution in [2.45, 2.75) is 39.8 Å². The van der Waals surface area contributed by atoms with Crippen molar-refractivity contribution in [1.29, 1.82) is 0 Å². The molecule has 0 N–H and O–H groups in total. The van der Waals surface area contributed by atoms with Gasteiger partial charge in [0.1, 0.15) is 5.75 Å². The number of carbonyl (C=O) groups is 1. The molecule has 6 nitrogen and oxygen atoms in total. The highest BCUT2D eigenvalue weighted by atomic mass is 32.1. The Kier molecular flexibility index (Phi) is 6.60. The molecule has 0 fully saturated rings. The molecule has 2 heterocycles. The van der Waals surface area contributed by atoms with Gasteiger partial charge in [0.15, 0.2) is 4.80 Å². The summed E-state index contributed by atoms with van der Waals surface area (Å²) in [5.74, 6) is 0.287. The largest absolute Gasteiger partial charge is 0.494 e. The van der Waals surface area contributed by atoms with Crippen molar-refractivity contribution in [2.24, 2.45) is 4.99 Å². The minimum absolute atomic E-state index is 0.197. The third-order valence-electron chi connectivity index (χ3n) is 5.17. The van der Waals surface area contributed by atoms with Crippen LogP contribution in [0.3, 0.4) is 0 Å². The molecule has 0 saturated carbocycles. The van der Waals surface area contributed by atoms with E-state index in [0.29, 0.717) is 27.2 Å². The van der Waals surface area contributed by atoms with Crippen molar-refractivity contribution in [2.75, 3.05) is 6.61 Å². The van der Waals surface area contributed by atoms with Crippen LogP contribution < -0.4 is 19.6 Å². The zero-order valence-electron chi connectivity index (χ0n) is 19.1. The highest BCUT2D eigenvalue weighted by molar-refractivity contribution is 7.07. The number of nitrogens with zero attached hydrogens (tertiary/aromatic N) is 2.